The van der Waals surface area contributed by atoms with E-state index in [4.69, 9.17) is 0 Å². The van der Waals surface area contributed by atoms with Gasteiger partial charge in [0.2, 0.25) is 5.91 Å². The third kappa shape index (κ3) is 4.98. The highest BCUT2D eigenvalue weighted by Crippen LogP contribution is 2.23. The fourth-order valence-electron chi connectivity index (χ4n) is 3.15. The Balaban J connectivity index is 1.37. The Kier molecular flexibility index (Phi) is 5.94. The van der Waals surface area contributed by atoms with Gasteiger partial charge in [-0.3, -0.25) is 4.79 Å². The number of quaternary nitrogens is 1. The molecule has 0 aromatic heterocycles. The molecule has 0 radical (unpaired) electrons. The molecule has 0 unspecified atom stereocenters. The van der Waals surface area contributed by atoms with Gasteiger partial charge in [-0.2, -0.15) is 0 Å². The molecule has 0 aliphatic carbocycles. The van der Waals surface area contributed by atoms with Crippen LogP contribution in [-0.4, -0.2) is 37.8 Å². The van der Waals surface area contributed by atoms with Crippen molar-refractivity contribution in [3.8, 4) is 0 Å². The molecule has 0 saturated carbocycles. The highest BCUT2D eigenvalue weighted by atomic mass is 32.2. The Morgan fingerprint density at radius 3 is 2.70 bits per heavy atom. The van der Waals surface area contributed by atoms with Gasteiger partial charge in [0.25, 0.3) is 0 Å². The van der Waals surface area contributed by atoms with E-state index in [-0.39, 0.29) is 5.91 Å². The number of benzene rings is 2. The van der Waals surface area contributed by atoms with E-state index in [1.54, 1.807) is 16.7 Å². The summed E-state index contributed by atoms with van der Waals surface area (Å²) < 4.78 is 0. The van der Waals surface area contributed by atoms with Gasteiger partial charge in [0.15, 0.2) is 0 Å². The summed E-state index contributed by atoms with van der Waals surface area (Å²) in [5.74, 6) is 0.633. The molecule has 2 aromatic rings. The fraction of sp³-hybridized carbons (Fsp3) is 0.421. The second kappa shape index (κ2) is 8.37. The Morgan fingerprint density at radius 1 is 1.09 bits per heavy atom. The Labute approximate surface area is 142 Å². The lowest BCUT2D eigenvalue weighted by molar-refractivity contribution is -0.887. The lowest BCUT2D eigenvalue weighted by Gasteiger charge is -2.12. The van der Waals surface area contributed by atoms with E-state index in [9.17, 15) is 4.79 Å². The molecule has 3 nitrogen and oxygen atoms in total. The van der Waals surface area contributed by atoms with Crippen LogP contribution in [-0.2, 0) is 4.79 Å². The summed E-state index contributed by atoms with van der Waals surface area (Å²) in [5.41, 5.74) is 0. The summed E-state index contributed by atoms with van der Waals surface area (Å²) in [7, 11) is 0. The van der Waals surface area contributed by atoms with Crippen molar-refractivity contribution < 1.29 is 9.69 Å². The summed E-state index contributed by atoms with van der Waals surface area (Å²) in [5, 5.41) is 5.51. The van der Waals surface area contributed by atoms with E-state index in [1.165, 1.54) is 43.2 Å². The van der Waals surface area contributed by atoms with E-state index in [2.05, 4.69) is 35.6 Å². The van der Waals surface area contributed by atoms with Gasteiger partial charge in [0.1, 0.15) is 0 Å². The molecule has 122 valence electrons. The molecule has 2 aromatic carbocycles. The largest absolute Gasteiger partial charge is 0.355 e. The van der Waals surface area contributed by atoms with E-state index in [1.807, 2.05) is 12.1 Å². The molecule has 2 N–H and O–H groups in total. The zero-order valence-corrected chi connectivity index (χ0v) is 14.3. The number of rotatable bonds is 7. The third-order valence-corrected chi connectivity index (χ3v) is 5.42. The van der Waals surface area contributed by atoms with Crippen LogP contribution in [0.3, 0.4) is 0 Å². The SMILES string of the molecule is O=C(CSc1ccc2ccccc2c1)NCCC[NH+]1CCCC1. The normalized spacial score (nSPS) is 15.1. The highest BCUT2D eigenvalue weighted by Gasteiger charge is 2.14. The summed E-state index contributed by atoms with van der Waals surface area (Å²) in [6.07, 6.45) is 3.82. The number of amides is 1. The Bertz CT molecular complexity index is 653. The number of carbonyl (C=O) groups excluding carboxylic acids is 1. The maximum atomic E-state index is 11.9. The van der Waals surface area contributed by atoms with E-state index in [0.717, 1.165) is 17.9 Å². The fourth-order valence-corrected chi connectivity index (χ4v) is 3.92. The van der Waals surface area contributed by atoms with Crippen molar-refractivity contribution in [3.63, 3.8) is 0 Å². The average molecular weight is 329 g/mol. The number of fused-ring (bicyclic) bond motifs is 1. The maximum absolute atomic E-state index is 11.9. The zero-order valence-electron chi connectivity index (χ0n) is 13.5. The predicted molar refractivity (Wildman–Crippen MR) is 97.1 cm³/mol. The third-order valence-electron chi connectivity index (χ3n) is 4.43. The van der Waals surface area contributed by atoms with Crippen LogP contribution >= 0.6 is 11.8 Å². The second-order valence-electron chi connectivity index (χ2n) is 6.21. The number of likely N-dealkylation sites (tertiary alicyclic amines) is 1. The van der Waals surface area contributed by atoms with E-state index in [0.29, 0.717) is 5.75 Å². The smallest absolute Gasteiger partial charge is 0.230 e. The van der Waals surface area contributed by atoms with Crippen molar-refractivity contribution in [1.82, 2.24) is 5.32 Å². The van der Waals surface area contributed by atoms with Gasteiger partial charge in [0, 0.05) is 30.7 Å². The average Bonchev–Trinajstić information content (AvgIpc) is 3.10. The molecule has 0 atom stereocenters. The quantitative estimate of drug-likeness (QED) is 0.603. The molecule has 1 saturated heterocycles. The Hall–Kier alpha value is -1.52. The molecule has 1 amide bonds. The van der Waals surface area contributed by atoms with Crippen molar-refractivity contribution in [2.24, 2.45) is 0 Å². The number of carbonyl (C=O) groups is 1. The van der Waals surface area contributed by atoms with Crippen LogP contribution in [0, 0.1) is 0 Å². The molecule has 1 aliphatic heterocycles. The van der Waals surface area contributed by atoms with Gasteiger partial charge >= 0.3 is 0 Å². The number of thioether (sulfide) groups is 1. The van der Waals surface area contributed by atoms with Crippen molar-refractivity contribution in [1.29, 1.82) is 0 Å². The second-order valence-corrected chi connectivity index (χ2v) is 7.26. The minimum absolute atomic E-state index is 0.139. The molecule has 3 rings (SSSR count). The Morgan fingerprint density at radius 2 is 1.87 bits per heavy atom. The van der Waals surface area contributed by atoms with Gasteiger partial charge in [-0.15, -0.1) is 11.8 Å². The summed E-state index contributed by atoms with van der Waals surface area (Å²) >= 11 is 1.61. The molecule has 4 heteroatoms. The van der Waals surface area contributed by atoms with Gasteiger partial charge in [-0.05, 0) is 22.9 Å². The van der Waals surface area contributed by atoms with Crippen LogP contribution in [0.25, 0.3) is 10.8 Å². The van der Waals surface area contributed by atoms with Crippen molar-refractivity contribution in [3.05, 3.63) is 42.5 Å². The van der Waals surface area contributed by atoms with Crippen LogP contribution in [0.4, 0.5) is 0 Å². The lowest BCUT2D eigenvalue weighted by atomic mass is 10.1. The molecule has 0 bridgehead atoms. The minimum Gasteiger partial charge on any atom is -0.355 e. The van der Waals surface area contributed by atoms with Crippen molar-refractivity contribution in [2.45, 2.75) is 24.2 Å². The number of hydrogen-bond acceptors (Lipinski definition) is 2. The van der Waals surface area contributed by atoms with Gasteiger partial charge in [-0.25, -0.2) is 0 Å². The van der Waals surface area contributed by atoms with Crippen LogP contribution in [0.5, 0.6) is 0 Å². The summed E-state index contributed by atoms with van der Waals surface area (Å²) in [6, 6.07) is 14.7. The highest BCUT2D eigenvalue weighted by molar-refractivity contribution is 8.00. The molecule has 1 fully saturated rings. The van der Waals surface area contributed by atoms with Crippen LogP contribution in [0.15, 0.2) is 47.4 Å². The molecule has 0 spiro atoms. The van der Waals surface area contributed by atoms with Crippen molar-refractivity contribution in [2.75, 3.05) is 31.9 Å². The first-order chi connectivity index (χ1) is 11.3. The van der Waals surface area contributed by atoms with Gasteiger partial charge < -0.3 is 10.2 Å². The lowest BCUT2D eigenvalue weighted by Crippen LogP contribution is -3.10. The van der Waals surface area contributed by atoms with E-state index >= 15 is 0 Å². The maximum Gasteiger partial charge on any atom is 0.230 e. The number of hydrogen-bond donors (Lipinski definition) is 2. The summed E-state index contributed by atoms with van der Waals surface area (Å²) in [6.45, 7) is 4.62. The zero-order chi connectivity index (χ0) is 15.9. The molecule has 1 heterocycles. The van der Waals surface area contributed by atoms with Crippen LogP contribution < -0.4 is 10.2 Å². The van der Waals surface area contributed by atoms with Crippen LogP contribution in [0.1, 0.15) is 19.3 Å². The molecule has 1 aliphatic rings. The predicted octanol–water partition coefficient (Wildman–Crippen LogP) is 2.12. The van der Waals surface area contributed by atoms with Crippen molar-refractivity contribution >= 4 is 28.4 Å². The monoisotopic (exact) mass is 329 g/mol. The van der Waals surface area contributed by atoms with Gasteiger partial charge in [-0.1, -0.05) is 30.3 Å². The van der Waals surface area contributed by atoms with E-state index < -0.39 is 0 Å². The standard InChI is InChI=1S/C19H24N2OS/c22-19(20-10-5-13-21-11-3-4-12-21)15-23-18-9-8-16-6-1-2-7-17(16)14-18/h1-2,6-9,14H,3-5,10-13,15H2,(H,20,22)/p+1. The first kappa shape index (κ1) is 16.3. The molecular weight excluding hydrogens is 304 g/mol. The molecular formula is C19H25N2OS+. The van der Waals surface area contributed by atoms with Gasteiger partial charge in [0.05, 0.1) is 25.4 Å². The number of nitrogens with one attached hydrogen (secondary N) is 2. The minimum atomic E-state index is 0.139. The topological polar surface area (TPSA) is 33.5 Å². The first-order valence-corrected chi connectivity index (χ1v) is 9.52. The van der Waals surface area contributed by atoms with Crippen LogP contribution in [0.2, 0.25) is 0 Å². The summed E-state index contributed by atoms with van der Waals surface area (Å²) in [4.78, 5) is 14.8. The first-order valence-electron chi connectivity index (χ1n) is 8.53. The molecule has 23 heavy (non-hydrogen) atoms.